The Balaban J connectivity index is 2.21. The smallest absolute Gasteiger partial charge is 0.428 e. The van der Waals surface area contributed by atoms with Crippen molar-refractivity contribution in [3.8, 4) is 11.5 Å². The first kappa shape index (κ1) is 17.4. The Morgan fingerprint density at radius 1 is 0.731 bits per heavy atom. The number of rotatable bonds is 2. The molecule has 0 atom stereocenters. The molecular weight excluding hydrogens is 368 g/mol. The van der Waals surface area contributed by atoms with E-state index < -0.39 is 56.1 Å². The van der Waals surface area contributed by atoms with Gasteiger partial charge < -0.3 is 9.47 Å². The van der Waals surface area contributed by atoms with Crippen LogP contribution in [0.2, 0.25) is 0 Å². The summed E-state index contributed by atoms with van der Waals surface area (Å²) in [7, 11) is 0. The summed E-state index contributed by atoms with van der Waals surface area (Å²) in [6.45, 7) is 0. The summed E-state index contributed by atoms with van der Waals surface area (Å²) in [5.74, 6) is -2.13. The maximum absolute atomic E-state index is 14.4. The van der Waals surface area contributed by atoms with Gasteiger partial charge in [-0.2, -0.15) is 17.6 Å². The fourth-order valence-corrected chi connectivity index (χ4v) is 2.28. The molecule has 0 aliphatic carbocycles. The van der Waals surface area contributed by atoms with E-state index in [-0.39, 0.29) is 0 Å². The minimum Gasteiger partial charge on any atom is -0.428 e. The molecule has 0 amide bonds. The molecule has 8 nitrogen and oxygen atoms in total. The van der Waals surface area contributed by atoms with Gasteiger partial charge in [-0.25, -0.2) is 0 Å². The van der Waals surface area contributed by atoms with E-state index in [2.05, 4.69) is 9.47 Å². The Kier molecular flexibility index (Phi) is 3.70. The highest BCUT2D eigenvalue weighted by atomic mass is 19.3. The molecule has 0 saturated heterocycles. The molecule has 0 bridgehead atoms. The second-order valence-corrected chi connectivity index (χ2v) is 5.11. The molecule has 2 aromatic rings. The van der Waals surface area contributed by atoms with E-state index in [9.17, 15) is 37.8 Å². The predicted molar refractivity (Wildman–Crippen MR) is 75.2 cm³/mol. The number of halogens is 4. The van der Waals surface area contributed by atoms with Crippen LogP contribution in [0.25, 0.3) is 0 Å². The lowest BCUT2D eigenvalue weighted by Gasteiger charge is -2.29. The maximum atomic E-state index is 14.4. The van der Waals surface area contributed by atoms with E-state index in [1.165, 1.54) is 0 Å². The van der Waals surface area contributed by atoms with Crippen molar-refractivity contribution in [2.45, 2.75) is 12.2 Å². The standard InChI is InChI=1S/C14H6F4N2O6/c15-13(16)9-5-7(19(21)22)1-3-11(9)25-14(17,18)10-6-8(20(23)24)2-4-12(10)26-13/h1-6H. The lowest BCUT2D eigenvalue weighted by Crippen LogP contribution is -2.32. The zero-order valence-electron chi connectivity index (χ0n) is 12.3. The number of ether oxygens (including phenoxy) is 2. The van der Waals surface area contributed by atoms with Gasteiger partial charge in [-0.1, -0.05) is 0 Å². The van der Waals surface area contributed by atoms with Gasteiger partial charge in [0.15, 0.2) is 0 Å². The summed E-state index contributed by atoms with van der Waals surface area (Å²) in [6.07, 6.45) is -8.55. The summed E-state index contributed by atoms with van der Waals surface area (Å²) in [6, 6.07) is 3.23. The van der Waals surface area contributed by atoms with Gasteiger partial charge in [-0.15, -0.1) is 0 Å². The van der Waals surface area contributed by atoms with Crippen molar-refractivity contribution in [2.75, 3.05) is 0 Å². The van der Waals surface area contributed by atoms with Crippen LogP contribution in [0.3, 0.4) is 0 Å². The molecule has 1 aliphatic heterocycles. The zero-order valence-corrected chi connectivity index (χ0v) is 12.3. The van der Waals surface area contributed by atoms with E-state index in [1.54, 1.807) is 0 Å². The lowest BCUT2D eigenvalue weighted by atomic mass is 10.1. The molecule has 136 valence electrons. The molecule has 0 unspecified atom stereocenters. The van der Waals surface area contributed by atoms with Crippen LogP contribution in [0, 0.1) is 20.2 Å². The Morgan fingerprint density at radius 2 is 1.08 bits per heavy atom. The van der Waals surface area contributed by atoms with E-state index in [0.717, 1.165) is 0 Å². The van der Waals surface area contributed by atoms with Gasteiger partial charge in [0.2, 0.25) is 0 Å². The first-order chi connectivity index (χ1) is 12.0. The van der Waals surface area contributed by atoms with Crippen LogP contribution in [-0.2, 0) is 12.2 Å². The summed E-state index contributed by atoms with van der Waals surface area (Å²) in [5.41, 5.74) is -4.14. The highest BCUT2D eigenvalue weighted by Crippen LogP contribution is 2.48. The largest absolute Gasteiger partial charge is 0.430 e. The molecular formula is C14H6F4N2O6. The Morgan fingerprint density at radius 3 is 1.38 bits per heavy atom. The van der Waals surface area contributed by atoms with Crippen LogP contribution in [0.1, 0.15) is 11.1 Å². The number of benzene rings is 2. The molecule has 12 heteroatoms. The molecule has 26 heavy (non-hydrogen) atoms. The highest BCUT2D eigenvalue weighted by molar-refractivity contribution is 5.50. The van der Waals surface area contributed by atoms with Crippen molar-refractivity contribution < 1.29 is 36.9 Å². The molecule has 0 N–H and O–H groups in total. The minimum atomic E-state index is -4.28. The molecule has 0 fully saturated rings. The van der Waals surface area contributed by atoms with E-state index in [4.69, 9.17) is 0 Å². The van der Waals surface area contributed by atoms with Gasteiger partial charge in [-0.05, 0) is 12.1 Å². The SMILES string of the molecule is O=[N+]([O-])c1ccc2c(c1)C(F)(F)Oc1ccc([N+](=O)[O-])cc1C(F)(F)O2. The van der Waals surface area contributed by atoms with E-state index in [0.29, 0.717) is 36.4 Å². The lowest BCUT2D eigenvalue weighted by molar-refractivity contribution is -0.385. The summed E-state index contributed by atoms with van der Waals surface area (Å²) in [5, 5.41) is 21.5. The van der Waals surface area contributed by atoms with Gasteiger partial charge in [-0.3, -0.25) is 20.2 Å². The van der Waals surface area contributed by atoms with Crippen LogP contribution >= 0.6 is 0 Å². The fraction of sp³-hybridized carbons (Fsp3) is 0.143. The summed E-state index contributed by atoms with van der Waals surface area (Å²) < 4.78 is 66.1. The number of nitrogens with zero attached hydrogens (tertiary/aromatic N) is 2. The van der Waals surface area contributed by atoms with E-state index in [1.807, 2.05) is 0 Å². The number of hydrogen-bond donors (Lipinski definition) is 0. The number of fused-ring (bicyclic) bond motifs is 2. The van der Waals surface area contributed by atoms with Crippen molar-refractivity contribution in [3.05, 3.63) is 67.8 Å². The van der Waals surface area contributed by atoms with Crippen LogP contribution in [-0.4, -0.2) is 9.85 Å². The van der Waals surface area contributed by atoms with Crippen molar-refractivity contribution in [1.82, 2.24) is 0 Å². The maximum Gasteiger partial charge on any atom is 0.430 e. The van der Waals surface area contributed by atoms with Gasteiger partial charge in [0.1, 0.15) is 22.6 Å². The van der Waals surface area contributed by atoms with Gasteiger partial charge in [0, 0.05) is 24.3 Å². The van der Waals surface area contributed by atoms with E-state index >= 15 is 0 Å². The number of non-ortho nitro benzene ring substituents is 2. The predicted octanol–water partition coefficient (Wildman–Crippen LogP) is 4.07. The molecule has 1 aliphatic rings. The van der Waals surface area contributed by atoms with Crippen molar-refractivity contribution in [3.63, 3.8) is 0 Å². The van der Waals surface area contributed by atoms with Crippen LogP contribution in [0.15, 0.2) is 36.4 Å². The third-order valence-corrected chi connectivity index (χ3v) is 3.45. The summed E-state index contributed by atoms with van der Waals surface area (Å²) >= 11 is 0. The molecule has 0 radical (unpaired) electrons. The zero-order chi connectivity index (χ0) is 19.3. The third-order valence-electron chi connectivity index (χ3n) is 3.45. The molecule has 2 aromatic carbocycles. The second-order valence-electron chi connectivity index (χ2n) is 5.11. The number of alkyl halides is 4. The molecule has 0 saturated carbocycles. The topological polar surface area (TPSA) is 105 Å². The van der Waals surface area contributed by atoms with Gasteiger partial charge >= 0.3 is 12.2 Å². The van der Waals surface area contributed by atoms with Crippen LogP contribution in [0.4, 0.5) is 28.9 Å². The fourth-order valence-electron chi connectivity index (χ4n) is 2.28. The quantitative estimate of drug-likeness (QED) is 0.446. The molecule has 0 spiro atoms. The second kappa shape index (κ2) is 5.54. The Hall–Kier alpha value is -3.44. The average molecular weight is 374 g/mol. The normalized spacial score (nSPS) is 16.8. The number of hydrogen-bond acceptors (Lipinski definition) is 6. The third kappa shape index (κ3) is 2.85. The number of nitro groups is 2. The van der Waals surface area contributed by atoms with Crippen molar-refractivity contribution in [1.29, 1.82) is 0 Å². The summed E-state index contributed by atoms with van der Waals surface area (Å²) in [4.78, 5) is 19.5. The van der Waals surface area contributed by atoms with Crippen molar-refractivity contribution in [2.24, 2.45) is 0 Å². The molecule has 0 aromatic heterocycles. The van der Waals surface area contributed by atoms with Crippen LogP contribution < -0.4 is 9.47 Å². The monoisotopic (exact) mass is 374 g/mol. The average Bonchev–Trinajstić information content (AvgIpc) is 2.53. The van der Waals surface area contributed by atoms with Gasteiger partial charge in [0.25, 0.3) is 11.4 Å². The molecule has 3 rings (SSSR count). The Bertz CT molecular complexity index is 858. The first-order valence-electron chi connectivity index (χ1n) is 6.73. The van der Waals surface area contributed by atoms with Crippen LogP contribution in [0.5, 0.6) is 11.5 Å². The van der Waals surface area contributed by atoms with Gasteiger partial charge in [0.05, 0.1) is 9.85 Å². The first-order valence-corrected chi connectivity index (χ1v) is 6.73. The minimum absolute atomic E-state index is 0.349. The molecule has 1 heterocycles. The van der Waals surface area contributed by atoms with Crippen molar-refractivity contribution >= 4 is 11.4 Å². The Labute approximate surface area is 140 Å². The number of nitro benzene ring substituents is 2. The highest BCUT2D eigenvalue weighted by Gasteiger charge is 2.48.